The molecule has 0 aliphatic heterocycles. The van der Waals surface area contributed by atoms with Crippen LogP contribution in [0.4, 0.5) is 0 Å². The molecule has 4 heteroatoms. The summed E-state index contributed by atoms with van der Waals surface area (Å²) in [5, 5.41) is 14.2. The van der Waals surface area contributed by atoms with E-state index in [1.54, 1.807) is 4.68 Å². The number of hydrogen-bond donors (Lipinski definition) is 1. The number of aryl methyl sites for hydroxylation is 1. The molecule has 1 N–H and O–H groups in total. The first-order valence-electron chi connectivity index (χ1n) is 5.74. The van der Waals surface area contributed by atoms with Crippen LogP contribution in [-0.4, -0.2) is 26.0 Å². The molecule has 0 fully saturated rings. The molecule has 0 radical (unpaired) electrons. The number of aromatic nitrogens is 3. The van der Waals surface area contributed by atoms with Gasteiger partial charge in [0.05, 0.1) is 6.10 Å². The van der Waals surface area contributed by atoms with E-state index in [-0.39, 0.29) is 5.92 Å². The van der Waals surface area contributed by atoms with Gasteiger partial charge >= 0.3 is 0 Å². The average molecular weight is 231 g/mol. The standard InChI is InChI=1S/C13H17N3O/c1-10(11-6-4-3-5-7-11)12(17)8-13-14-9-15-16(13)2/h3-7,9-10,12,17H,8H2,1-2H3. The highest BCUT2D eigenvalue weighted by Crippen LogP contribution is 2.20. The van der Waals surface area contributed by atoms with Gasteiger partial charge in [0.15, 0.2) is 0 Å². The first-order chi connectivity index (χ1) is 8.18. The molecule has 0 aliphatic rings. The van der Waals surface area contributed by atoms with E-state index in [9.17, 15) is 5.11 Å². The number of aliphatic hydroxyl groups excluding tert-OH is 1. The minimum Gasteiger partial charge on any atom is -0.392 e. The molecule has 0 aliphatic carbocycles. The van der Waals surface area contributed by atoms with Gasteiger partial charge in [0, 0.05) is 19.4 Å². The second-order valence-corrected chi connectivity index (χ2v) is 4.27. The van der Waals surface area contributed by atoms with E-state index >= 15 is 0 Å². The Bertz CT molecular complexity index is 467. The minimum atomic E-state index is -0.444. The molecule has 2 rings (SSSR count). The van der Waals surface area contributed by atoms with Crippen LogP contribution in [0.3, 0.4) is 0 Å². The maximum atomic E-state index is 10.2. The molecule has 2 aromatic rings. The van der Waals surface area contributed by atoms with Gasteiger partial charge in [-0.3, -0.25) is 4.68 Å². The highest BCUT2D eigenvalue weighted by atomic mass is 16.3. The Morgan fingerprint density at radius 2 is 2.00 bits per heavy atom. The maximum absolute atomic E-state index is 10.2. The quantitative estimate of drug-likeness (QED) is 0.868. The van der Waals surface area contributed by atoms with Gasteiger partial charge in [-0.15, -0.1) is 0 Å². The van der Waals surface area contributed by atoms with Crippen molar-refractivity contribution in [3.63, 3.8) is 0 Å². The number of rotatable bonds is 4. The van der Waals surface area contributed by atoms with Crippen LogP contribution in [0.1, 0.15) is 24.2 Å². The minimum absolute atomic E-state index is 0.0906. The highest BCUT2D eigenvalue weighted by Gasteiger charge is 2.18. The average Bonchev–Trinajstić information content (AvgIpc) is 2.75. The highest BCUT2D eigenvalue weighted by molar-refractivity contribution is 5.20. The zero-order chi connectivity index (χ0) is 12.3. The lowest BCUT2D eigenvalue weighted by Gasteiger charge is -2.18. The van der Waals surface area contributed by atoms with Gasteiger partial charge in [-0.2, -0.15) is 5.10 Å². The fraction of sp³-hybridized carbons (Fsp3) is 0.385. The van der Waals surface area contributed by atoms with Crippen LogP contribution in [0.2, 0.25) is 0 Å². The number of aliphatic hydroxyl groups is 1. The summed E-state index contributed by atoms with van der Waals surface area (Å²) < 4.78 is 1.70. The lowest BCUT2D eigenvalue weighted by molar-refractivity contribution is 0.146. The summed E-state index contributed by atoms with van der Waals surface area (Å²) in [4.78, 5) is 4.12. The van der Waals surface area contributed by atoms with Gasteiger partial charge in [0.25, 0.3) is 0 Å². The number of nitrogens with zero attached hydrogens (tertiary/aromatic N) is 3. The summed E-state index contributed by atoms with van der Waals surface area (Å²) >= 11 is 0. The normalized spacial score (nSPS) is 14.5. The molecule has 2 atom stereocenters. The Hall–Kier alpha value is -1.68. The van der Waals surface area contributed by atoms with Crippen molar-refractivity contribution in [2.24, 2.45) is 7.05 Å². The van der Waals surface area contributed by atoms with E-state index in [0.29, 0.717) is 6.42 Å². The van der Waals surface area contributed by atoms with Crippen LogP contribution < -0.4 is 0 Å². The molecular formula is C13H17N3O. The predicted molar refractivity (Wildman–Crippen MR) is 65.6 cm³/mol. The molecule has 1 aromatic heterocycles. The molecule has 4 nitrogen and oxygen atoms in total. The van der Waals surface area contributed by atoms with Crippen molar-refractivity contribution in [3.05, 3.63) is 48.0 Å². The van der Waals surface area contributed by atoms with Gasteiger partial charge in [-0.25, -0.2) is 4.98 Å². The summed E-state index contributed by atoms with van der Waals surface area (Å²) in [6.07, 6.45) is 1.59. The third-order valence-electron chi connectivity index (χ3n) is 3.10. The van der Waals surface area contributed by atoms with Crippen LogP contribution >= 0.6 is 0 Å². The number of hydrogen-bond acceptors (Lipinski definition) is 3. The van der Waals surface area contributed by atoms with Crippen molar-refractivity contribution < 1.29 is 5.11 Å². The molecule has 2 unspecified atom stereocenters. The van der Waals surface area contributed by atoms with Crippen molar-refractivity contribution in [1.29, 1.82) is 0 Å². The first kappa shape index (κ1) is 11.8. The van der Waals surface area contributed by atoms with Gasteiger partial charge in [-0.1, -0.05) is 37.3 Å². The third kappa shape index (κ3) is 2.71. The van der Waals surface area contributed by atoms with Crippen LogP contribution in [0.5, 0.6) is 0 Å². The predicted octanol–water partition coefficient (Wildman–Crippen LogP) is 1.52. The van der Waals surface area contributed by atoms with Crippen LogP contribution in [-0.2, 0) is 13.5 Å². The van der Waals surface area contributed by atoms with E-state index in [4.69, 9.17) is 0 Å². The molecule has 90 valence electrons. The molecule has 0 amide bonds. The van der Waals surface area contributed by atoms with Gasteiger partial charge in [0.1, 0.15) is 12.2 Å². The molecule has 0 saturated carbocycles. The summed E-state index contributed by atoms with van der Waals surface area (Å²) in [7, 11) is 1.84. The zero-order valence-electron chi connectivity index (χ0n) is 10.1. The van der Waals surface area contributed by atoms with Crippen molar-refractivity contribution in [1.82, 2.24) is 14.8 Å². The summed E-state index contributed by atoms with van der Waals surface area (Å²) in [5.74, 6) is 0.896. The Labute approximate surface area is 101 Å². The molecule has 0 bridgehead atoms. The monoisotopic (exact) mass is 231 g/mol. The lowest BCUT2D eigenvalue weighted by Crippen LogP contribution is -2.20. The summed E-state index contributed by atoms with van der Waals surface area (Å²) in [6, 6.07) is 10.0. The van der Waals surface area contributed by atoms with E-state index in [1.807, 2.05) is 44.3 Å². The fourth-order valence-corrected chi connectivity index (χ4v) is 1.85. The van der Waals surface area contributed by atoms with Crippen LogP contribution in [0.25, 0.3) is 0 Å². The third-order valence-corrected chi connectivity index (χ3v) is 3.10. The Morgan fingerprint density at radius 3 is 2.59 bits per heavy atom. The molecule has 0 saturated heterocycles. The number of benzene rings is 1. The Morgan fingerprint density at radius 1 is 1.29 bits per heavy atom. The van der Waals surface area contributed by atoms with E-state index in [2.05, 4.69) is 10.1 Å². The smallest absolute Gasteiger partial charge is 0.138 e. The summed E-state index contributed by atoms with van der Waals surface area (Å²) in [5.41, 5.74) is 1.14. The first-order valence-corrected chi connectivity index (χ1v) is 5.74. The largest absolute Gasteiger partial charge is 0.392 e. The van der Waals surface area contributed by atoms with Crippen molar-refractivity contribution in [2.75, 3.05) is 0 Å². The topological polar surface area (TPSA) is 50.9 Å². The van der Waals surface area contributed by atoms with Crippen molar-refractivity contribution >= 4 is 0 Å². The van der Waals surface area contributed by atoms with Gasteiger partial charge in [-0.05, 0) is 5.56 Å². The molecule has 1 aromatic carbocycles. The summed E-state index contributed by atoms with van der Waals surface area (Å²) in [6.45, 7) is 2.02. The van der Waals surface area contributed by atoms with Crippen LogP contribution in [0, 0.1) is 0 Å². The van der Waals surface area contributed by atoms with E-state index in [0.717, 1.165) is 11.4 Å². The Kier molecular flexibility index (Phi) is 3.54. The SMILES string of the molecule is CC(c1ccccc1)C(O)Cc1ncnn1C. The van der Waals surface area contributed by atoms with Crippen LogP contribution in [0.15, 0.2) is 36.7 Å². The molecular weight excluding hydrogens is 214 g/mol. The maximum Gasteiger partial charge on any atom is 0.138 e. The van der Waals surface area contributed by atoms with Gasteiger partial charge in [0.2, 0.25) is 0 Å². The molecule has 1 heterocycles. The fourth-order valence-electron chi connectivity index (χ4n) is 1.85. The van der Waals surface area contributed by atoms with E-state index < -0.39 is 6.10 Å². The second-order valence-electron chi connectivity index (χ2n) is 4.27. The van der Waals surface area contributed by atoms with Crippen molar-refractivity contribution in [3.8, 4) is 0 Å². The molecule has 17 heavy (non-hydrogen) atoms. The second kappa shape index (κ2) is 5.10. The van der Waals surface area contributed by atoms with Crippen molar-refractivity contribution in [2.45, 2.75) is 25.4 Å². The van der Waals surface area contributed by atoms with Gasteiger partial charge < -0.3 is 5.11 Å². The lowest BCUT2D eigenvalue weighted by atomic mass is 9.93. The van der Waals surface area contributed by atoms with E-state index in [1.165, 1.54) is 6.33 Å². The molecule has 0 spiro atoms. The Balaban J connectivity index is 2.06. The zero-order valence-corrected chi connectivity index (χ0v) is 10.1.